The number of aromatic nitrogens is 2. The van der Waals surface area contributed by atoms with Crippen LogP contribution in [0.1, 0.15) is 0 Å². The summed E-state index contributed by atoms with van der Waals surface area (Å²) < 4.78 is 5.28. The lowest BCUT2D eigenvalue weighted by atomic mass is 9.34. The van der Waals surface area contributed by atoms with Gasteiger partial charge < -0.3 is 14.0 Å². The normalized spacial score (nSPS) is 12.7. The largest absolute Gasteiger partial charge is 0.310 e. The molecule has 17 rings (SSSR count). The van der Waals surface area contributed by atoms with Crippen LogP contribution in [0.15, 0.2) is 243 Å². The van der Waals surface area contributed by atoms with E-state index >= 15 is 0 Å². The van der Waals surface area contributed by atoms with Gasteiger partial charge in [-0.15, -0.1) is 0 Å². The van der Waals surface area contributed by atoms with Gasteiger partial charge in [-0.3, -0.25) is 0 Å². The van der Waals surface area contributed by atoms with E-state index in [0.29, 0.717) is 0 Å². The van der Waals surface area contributed by atoms with Gasteiger partial charge in [-0.05, 0) is 131 Å². The van der Waals surface area contributed by atoms with E-state index in [-0.39, 0.29) is 6.71 Å². The number of benzene rings is 12. The average Bonchev–Trinajstić information content (AvgIpc) is 3.95. The molecule has 2 aromatic heterocycles. The third kappa shape index (κ3) is 5.00. The van der Waals surface area contributed by atoms with Crippen molar-refractivity contribution in [2.75, 3.05) is 4.90 Å². The minimum atomic E-state index is -0.0152. The number of rotatable bonds is 5. The quantitative estimate of drug-likeness (QED) is 0.157. The average molecular weight is 910 g/mol. The topological polar surface area (TPSA) is 13.1 Å². The molecule has 330 valence electrons. The monoisotopic (exact) mass is 909 g/mol. The van der Waals surface area contributed by atoms with Crippen molar-refractivity contribution in [2.45, 2.75) is 0 Å². The van der Waals surface area contributed by atoms with Crippen LogP contribution in [0.3, 0.4) is 0 Å². The fourth-order valence-corrected chi connectivity index (χ4v) is 13.5. The molecule has 4 heterocycles. The van der Waals surface area contributed by atoms with Crippen molar-refractivity contribution in [3.05, 3.63) is 243 Å². The van der Waals surface area contributed by atoms with E-state index in [4.69, 9.17) is 0 Å². The van der Waals surface area contributed by atoms with Gasteiger partial charge in [-0.25, -0.2) is 0 Å². The summed E-state index contributed by atoms with van der Waals surface area (Å²) in [6.07, 6.45) is 0. The molecule has 2 aliphatic heterocycles. The van der Waals surface area contributed by atoms with Crippen LogP contribution in [0.5, 0.6) is 0 Å². The lowest BCUT2D eigenvalue weighted by Crippen LogP contribution is -2.59. The molecule has 0 atom stereocenters. The third-order valence-electron chi connectivity index (χ3n) is 16.4. The Morgan fingerprint density at radius 3 is 1.53 bits per heavy atom. The molecule has 1 aliphatic carbocycles. The molecule has 0 saturated heterocycles. The van der Waals surface area contributed by atoms with E-state index in [1.165, 1.54) is 137 Å². The van der Waals surface area contributed by atoms with E-state index in [2.05, 4.69) is 257 Å². The zero-order valence-corrected chi connectivity index (χ0v) is 39.0. The van der Waals surface area contributed by atoms with Crippen molar-refractivity contribution < 1.29 is 0 Å². The van der Waals surface area contributed by atoms with Gasteiger partial charge in [0.15, 0.2) is 0 Å². The summed E-state index contributed by atoms with van der Waals surface area (Å²) in [6.45, 7) is -0.0152. The second kappa shape index (κ2) is 14.1. The highest BCUT2D eigenvalue weighted by atomic mass is 15.2. The van der Waals surface area contributed by atoms with Gasteiger partial charge in [0.05, 0.1) is 22.2 Å². The fraction of sp³-hybridized carbons (Fsp3) is 0. The van der Waals surface area contributed by atoms with Crippen LogP contribution in [-0.4, -0.2) is 15.8 Å². The molecule has 0 amide bonds. The summed E-state index contributed by atoms with van der Waals surface area (Å²) in [5.41, 5.74) is 24.8. The van der Waals surface area contributed by atoms with Gasteiger partial charge in [0.1, 0.15) is 0 Å². The molecule has 0 radical (unpaired) electrons. The molecule has 0 saturated carbocycles. The van der Waals surface area contributed by atoms with E-state index < -0.39 is 0 Å². The predicted molar refractivity (Wildman–Crippen MR) is 305 cm³/mol. The first kappa shape index (κ1) is 38.5. The van der Waals surface area contributed by atoms with Crippen LogP contribution < -0.4 is 21.3 Å². The number of nitrogens with zero attached hydrogens (tertiary/aromatic N) is 3. The molecular formula is C68H40BN3. The van der Waals surface area contributed by atoms with Crippen LogP contribution >= 0.6 is 0 Å². The van der Waals surface area contributed by atoms with Gasteiger partial charge in [0, 0.05) is 49.8 Å². The molecule has 14 aromatic rings. The molecular weight excluding hydrogens is 870 g/mol. The van der Waals surface area contributed by atoms with Crippen LogP contribution in [-0.2, 0) is 0 Å². The molecule has 3 aliphatic rings. The third-order valence-corrected chi connectivity index (χ3v) is 16.4. The van der Waals surface area contributed by atoms with Crippen molar-refractivity contribution in [2.24, 2.45) is 0 Å². The Morgan fingerprint density at radius 1 is 0.306 bits per heavy atom. The van der Waals surface area contributed by atoms with E-state index in [0.717, 1.165) is 17.1 Å². The second-order valence-corrected chi connectivity index (χ2v) is 19.9. The highest BCUT2D eigenvalue weighted by Crippen LogP contribution is 2.51. The maximum atomic E-state index is 2.66. The summed E-state index contributed by atoms with van der Waals surface area (Å²) in [4.78, 5) is 2.48. The first-order valence-electron chi connectivity index (χ1n) is 25.1. The minimum absolute atomic E-state index is 0.0152. The van der Waals surface area contributed by atoms with Crippen LogP contribution in [0.2, 0.25) is 0 Å². The van der Waals surface area contributed by atoms with Crippen molar-refractivity contribution in [3.8, 4) is 55.9 Å². The predicted octanol–water partition coefficient (Wildman–Crippen LogP) is 15.8. The first-order valence-corrected chi connectivity index (χ1v) is 25.1. The number of hydrogen-bond donors (Lipinski definition) is 0. The number of fused-ring (bicyclic) bond motifs is 13. The van der Waals surface area contributed by atoms with Gasteiger partial charge in [-0.2, -0.15) is 0 Å². The molecule has 72 heavy (non-hydrogen) atoms. The summed E-state index contributed by atoms with van der Waals surface area (Å²) in [7, 11) is 0. The van der Waals surface area contributed by atoms with Crippen molar-refractivity contribution in [1.29, 1.82) is 0 Å². The van der Waals surface area contributed by atoms with Gasteiger partial charge in [0.2, 0.25) is 0 Å². The standard InChI is InChI=1S/C68H40BN3/c1-3-14-41(15-4-1)43-28-33-47(34-29-43)70(48-35-30-44(31-36-48)42-16-5-2-6-17-42)49-39-60-66-61(40-49)72-58-27-13-24-54-52-22-10-9-21-51(52)53-23-11-19-46-38-57(68(72)65(62(46)53)64(54)58)69(66)56-26-12-25-55-63-50-20-8-7-18-45(50)32-37-59(63)71(60)67(55)56/h1-40H. The van der Waals surface area contributed by atoms with E-state index in [9.17, 15) is 0 Å². The van der Waals surface area contributed by atoms with Gasteiger partial charge >= 0.3 is 0 Å². The van der Waals surface area contributed by atoms with E-state index in [1.54, 1.807) is 0 Å². The zero-order chi connectivity index (χ0) is 46.8. The molecule has 12 aromatic carbocycles. The van der Waals surface area contributed by atoms with Crippen LogP contribution in [0.25, 0.3) is 121 Å². The van der Waals surface area contributed by atoms with Crippen molar-refractivity contribution in [3.63, 3.8) is 0 Å². The number of para-hydroxylation sites is 1. The highest BCUT2D eigenvalue weighted by Gasteiger charge is 2.43. The Hall–Kier alpha value is -9.38. The molecule has 0 N–H and O–H groups in total. The fourth-order valence-electron chi connectivity index (χ4n) is 13.5. The highest BCUT2D eigenvalue weighted by molar-refractivity contribution is 7.00. The first-order chi connectivity index (χ1) is 35.7. The Balaban J connectivity index is 1.03. The number of hydrogen-bond acceptors (Lipinski definition) is 1. The molecule has 0 spiro atoms. The maximum Gasteiger partial charge on any atom is 0.252 e. The van der Waals surface area contributed by atoms with Crippen molar-refractivity contribution >= 4 is 105 Å². The lowest BCUT2D eigenvalue weighted by molar-refractivity contribution is 1.13. The molecule has 0 fully saturated rings. The maximum absolute atomic E-state index is 2.66. The Kier molecular flexibility index (Phi) is 7.55. The molecule has 0 bridgehead atoms. The SMILES string of the molecule is c1ccc(-c2ccc(N(c3ccc(-c4ccccc4)cc3)c3cc4c5c(c3)-n3c6cccc7c6c6c8c(cccc8cc(c63)B5c3cccc5c6c8ccccc8ccc6n-4c35)-c3ccccc3-7)cc2)cc1. The van der Waals surface area contributed by atoms with Gasteiger partial charge in [-0.1, -0.05) is 194 Å². The minimum Gasteiger partial charge on any atom is -0.310 e. The summed E-state index contributed by atoms with van der Waals surface area (Å²) >= 11 is 0. The smallest absolute Gasteiger partial charge is 0.252 e. The molecule has 0 unspecified atom stereocenters. The Bertz CT molecular complexity index is 4580. The molecule has 3 nitrogen and oxygen atoms in total. The van der Waals surface area contributed by atoms with Crippen LogP contribution in [0.4, 0.5) is 17.1 Å². The lowest BCUT2D eigenvalue weighted by Gasteiger charge is -2.36. The summed E-state index contributed by atoms with van der Waals surface area (Å²) in [5.74, 6) is 0. The van der Waals surface area contributed by atoms with Crippen molar-refractivity contribution in [1.82, 2.24) is 9.13 Å². The Morgan fingerprint density at radius 2 is 0.833 bits per heavy atom. The van der Waals surface area contributed by atoms with E-state index in [1.807, 2.05) is 0 Å². The second-order valence-electron chi connectivity index (χ2n) is 19.9. The summed E-state index contributed by atoms with van der Waals surface area (Å²) in [6, 6.07) is 91.0. The Labute approximate surface area is 415 Å². The van der Waals surface area contributed by atoms with Crippen LogP contribution in [0, 0.1) is 0 Å². The van der Waals surface area contributed by atoms with Gasteiger partial charge in [0.25, 0.3) is 6.71 Å². The zero-order valence-electron chi connectivity index (χ0n) is 39.0. The summed E-state index contributed by atoms with van der Waals surface area (Å²) in [5, 5.41) is 10.4. The molecule has 4 heteroatoms. The number of anilines is 3.